The van der Waals surface area contributed by atoms with Gasteiger partial charge >= 0.3 is 0 Å². The molecule has 4 N–H and O–H groups in total. The minimum absolute atomic E-state index is 0. The van der Waals surface area contributed by atoms with E-state index in [1.807, 2.05) is 55.4 Å². The molecule has 132 valence electrons. The molecule has 0 fully saturated rings. The molecular weight excluding hydrogens is 375 g/mol. The van der Waals surface area contributed by atoms with Gasteiger partial charge in [0.25, 0.3) is 0 Å². The second kappa shape index (κ2) is 28.8. The van der Waals surface area contributed by atoms with Crippen LogP contribution >= 0.6 is 0 Å². The van der Waals surface area contributed by atoms with Gasteiger partial charge in [0.15, 0.2) is 0 Å². The molecule has 0 atom stereocenters. The maximum atomic E-state index is 8.14. The average Bonchev–Trinajstić information content (AvgIpc) is 2.40. The summed E-state index contributed by atoms with van der Waals surface area (Å²) in [6.07, 6.45) is 0. The van der Waals surface area contributed by atoms with Crippen LogP contribution in [0.5, 0.6) is 0 Å². The molecule has 0 heterocycles. The van der Waals surface area contributed by atoms with Crippen molar-refractivity contribution in [3.8, 4) is 0 Å². The van der Waals surface area contributed by atoms with E-state index in [4.69, 9.17) is 20.4 Å². The largest absolute Gasteiger partial charge is 0.396 e. The normalized spacial score (nSPS) is 9.14. The number of hydrogen-bond acceptors (Lipinski definition) is 4. The fourth-order valence-electron chi connectivity index (χ4n) is 0. The number of aliphatic hydroxyl groups is 4. The molecule has 0 aliphatic rings. The molecule has 5 heteroatoms. The molecule has 0 aliphatic carbocycles. The Morgan fingerprint density at radius 3 is 0.476 bits per heavy atom. The Labute approximate surface area is 149 Å². The van der Waals surface area contributed by atoms with Gasteiger partial charge in [-0.15, -0.1) is 0 Å². The van der Waals surface area contributed by atoms with Crippen LogP contribution in [0.4, 0.5) is 0 Å². The Kier molecular flexibility index (Phi) is 45.6. The molecule has 0 aromatic carbocycles. The summed E-state index contributed by atoms with van der Waals surface area (Å²) in [6.45, 7) is 17.0. The zero-order valence-corrected chi connectivity index (χ0v) is 18.3. The smallest absolute Gasteiger partial charge is 0.0453 e. The molecule has 0 saturated heterocycles. The Bertz CT molecular complexity index is 108. The Morgan fingerprint density at radius 2 is 0.476 bits per heavy atom. The van der Waals surface area contributed by atoms with E-state index in [9.17, 15) is 0 Å². The van der Waals surface area contributed by atoms with Crippen molar-refractivity contribution in [1.82, 2.24) is 0 Å². The van der Waals surface area contributed by atoms with Crippen LogP contribution in [0.3, 0.4) is 0 Å². The van der Waals surface area contributed by atoms with Gasteiger partial charge in [-0.25, -0.2) is 0 Å². The molecule has 0 amide bonds. The summed E-state index contributed by atoms with van der Waals surface area (Å²) < 4.78 is 0. The van der Waals surface area contributed by atoms with Crippen molar-refractivity contribution in [3.05, 3.63) is 0 Å². The Balaban J connectivity index is -0.0000000533. The van der Waals surface area contributed by atoms with Crippen molar-refractivity contribution in [2.24, 2.45) is 23.7 Å². The SMILES string of the molecule is CC(C)CO.CC(C)CO.CC(C)CO.CC(C)CO.[Sn]. The second-order valence-corrected chi connectivity index (χ2v) is 6.31. The van der Waals surface area contributed by atoms with Crippen LogP contribution in [-0.4, -0.2) is 70.8 Å². The van der Waals surface area contributed by atoms with Crippen molar-refractivity contribution in [3.63, 3.8) is 0 Å². The number of aliphatic hydroxyl groups excluding tert-OH is 4. The number of rotatable bonds is 4. The summed E-state index contributed by atoms with van der Waals surface area (Å²) in [5.41, 5.74) is 0. The van der Waals surface area contributed by atoms with E-state index in [0.29, 0.717) is 50.1 Å². The summed E-state index contributed by atoms with van der Waals surface area (Å²) in [6, 6.07) is 0. The molecule has 0 aromatic rings. The van der Waals surface area contributed by atoms with Gasteiger partial charge in [0, 0.05) is 50.3 Å². The zero-order valence-electron chi connectivity index (χ0n) is 15.4. The van der Waals surface area contributed by atoms with E-state index in [0.717, 1.165) is 0 Å². The molecule has 21 heavy (non-hydrogen) atoms. The van der Waals surface area contributed by atoms with E-state index in [-0.39, 0.29) is 23.9 Å². The topological polar surface area (TPSA) is 80.9 Å². The predicted octanol–water partition coefficient (Wildman–Crippen LogP) is 2.16. The molecule has 0 rings (SSSR count). The summed E-state index contributed by atoms with van der Waals surface area (Å²) in [5.74, 6) is 1.76. The first-order chi connectivity index (χ1) is 9.08. The second-order valence-electron chi connectivity index (χ2n) is 6.31. The maximum absolute atomic E-state index is 8.14. The van der Waals surface area contributed by atoms with Crippen molar-refractivity contribution < 1.29 is 20.4 Å². The van der Waals surface area contributed by atoms with Crippen LogP contribution in [0.2, 0.25) is 0 Å². The molecule has 0 aliphatic heterocycles. The summed E-state index contributed by atoms with van der Waals surface area (Å²) in [7, 11) is 0. The van der Waals surface area contributed by atoms with Crippen LogP contribution in [0.1, 0.15) is 55.4 Å². The fourth-order valence-corrected chi connectivity index (χ4v) is 0. The first-order valence-corrected chi connectivity index (χ1v) is 7.52. The monoisotopic (exact) mass is 416 g/mol. The Morgan fingerprint density at radius 1 is 0.429 bits per heavy atom. The molecule has 4 radical (unpaired) electrons. The van der Waals surface area contributed by atoms with Crippen LogP contribution in [-0.2, 0) is 0 Å². The summed E-state index contributed by atoms with van der Waals surface area (Å²) >= 11 is 0. The predicted molar refractivity (Wildman–Crippen MR) is 93.4 cm³/mol. The summed E-state index contributed by atoms with van der Waals surface area (Å²) in [4.78, 5) is 0. The van der Waals surface area contributed by atoms with E-state index in [2.05, 4.69) is 0 Å². The molecule has 4 nitrogen and oxygen atoms in total. The van der Waals surface area contributed by atoms with Crippen molar-refractivity contribution >= 4 is 23.9 Å². The van der Waals surface area contributed by atoms with Gasteiger partial charge in [-0.1, -0.05) is 55.4 Å². The summed E-state index contributed by atoms with van der Waals surface area (Å²) in [5, 5.41) is 32.6. The third-order valence-corrected chi connectivity index (χ3v) is 1.46. The van der Waals surface area contributed by atoms with Crippen molar-refractivity contribution in [2.45, 2.75) is 55.4 Å². The van der Waals surface area contributed by atoms with E-state index in [1.54, 1.807) is 0 Å². The van der Waals surface area contributed by atoms with Gasteiger partial charge in [0.1, 0.15) is 0 Å². The molecule has 0 saturated carbocycles. The van der Waals surface area contributed by atoms with E-state index < -0.39 is 0 Å². The average molecular weight is 415 g/mol. The van der Waals surface area contributed by atoms with E-state index in [1.165, 1.54) is 0 Å². The quantitative estimate of drug-likeness (QED) is 0.531. The van der Waals surface area contributed by atoms with Gasteiger partial charge in [-0.05, 0) is 23.7 Å². The van der Waals surface area contributed by atoms with Gasteiger partial charge < -0.3 is 20.4 Å². The zero-order chi connectivity index (χ0) is 17.1. The first kappa shape index (κ1) is 33.3. The van der Waals surface area contributed by atoms with Crippen LogP contribution in [0, 0.1) is 23.7 Å². The third kappa shape index (κ3) is 96.1. The van der Waals surface area contributed by atoms with Crippen LogP contribution < -0.4 is 0 Å². The Hall–Kier alpha value is 0.639. The standard InChI is InChI=1S/4C4H10O.Sn/c4*1-4(2)3-5;/h4*4-5H,3H2,1-2H3;. The molecule has 0 aromatic heterocycles. The van der Waals surface area contributed by atoms with Gasteiger partial charge in [-0.3, -0.25) is 0 Å². The van der Waals surface area contributed by atoms with Crippen molar-refractivity contribution in [1.29, 1.82) is 0 Å². The molecule has 0 unspecified atom stereocenters. The molecule has 0 spiro atoms. The van der Waals surface area contributed by atoms with Gasteiger partial charge in [0.2, 0.25) is 0 Å². The third-order valence-electron chi connectivity index (χ3n) is 1.46. The first-order valence-electron chi connectivity index (χ1n) is 7.52. The minimum Gasteiger partial charge on any atom is -0.396 e. The van der Waals surface area contributed by atoms with Gasteiger partial charge in [-0.2, -0.15) is 0 Å². The van der Waals surface area contributed by atoms with Crippen molar-refractivity contribution in [2.75, 3.05) is 26.4 Å². The molecule has 0 bridgehead atoms. The fraction of sp³-hybridized carbons (Fsp3) is 1.00. The maximum Gasteiger partial charge on any atom is 0.0453 e. The molecular formula is C16H40O4Sn. The number of hydrogen-bond donors (Lipinski definition) is 4. The minimum atomic E-state index is 0. The van der Waals surface area contributed by atoms with Crippen LogP contribution in [0.25, 0.3) is 0 Å². The van der Waals surface area contributed by atoms with Gasteiger partial charge in [0.05, 0.1) is 0 Å². The van der Waals surface area contributed by atoms with E-state index >= 15 is 0 Å². The van der Waals surface area contributed by atoms with Crippen LogP contribution in [0.15, 0.2) is 0 Å².